The zero-order valence-electron chi connectivity index (χ0n) is 16.1. The van der Waals surface area contributed by atoms with Crippen LogP contribution in [0.25, 0.3) is 16.9 Å². The number of hydrogen-bond donors (Lipinski definition) is 2. The van der Waals surface area contributed by atoms with E-state index in [9.17, 15) is 18.3 Å². The number of hydrogen-bond acceptors (Lipinski definition) is 5. The Kier molecular flexibility index (Phi) is 4.90. The first-order valence-corrected chi connectivity index (χ1v) is 9.13. The van der Waals surface area contributed by atoms with Gasteiger partial charge in [0.1, 0.15) is 0 Å². The van der Waals surface area contributed by atoms with Crippen LogP contribution in [0.3, 0.4) is 0 Å². The first-order valence-electron chi connectivity index (χ1n) is 9.13. The van der Waals surface area contributed by atoms with Crippen LogP contribution in [-0.2, 0) is 6.18 Å². The van der Waals surface area contributed by atoms with Gasteiger partial charge in [-0.1, -0.05) is 18.2 Å². The summed E-state index contributed by atoms with van der Waals surface area (Å²) in [5, 5.41) is 17.7. The van der Waals surface area contributed by atoms with Crippen molar-refractivity contribution >= 4 is 11.5 Å². The molecule has 0 amide bonds. The lowest BCUT2D eigenvalue weighted by molar-refractivity contribution is -0.137. The molecule has 0 saturated carbocycles. The second-order valence-electron chi connectivity index (χ2n) is 6.93. The van der Waals surface area contributed by atoms with Crippen molar-refractivity contribution in [2.45, 2.75) is 26.3 Å². The van der Waals surface area contributed by atoms with Crippen LogP contribution in [-0.4, -0.2) is 24.7 Å². The number of nitrogens with zero attached hydrogens (tertiary/aromatic N) is 4. The summed E-state index contributed by atoms with van der Waals surface area (Å²) in [6.07, 6.45) is -4.20. The standard InChI is InChI=1S/C21H18F3N5O/c1-12-9-13(2)26-17(10-12)20(30)27-19-11-25-18-8-7-16(28-29(18)19)14-5-3-4-6-15(14)21(22,23)24/h3-11,20,27,30H,1-2H3. The number of alkyl halides is 3. The second kappa shape index (κ2) is 7.42. The lowest BCUT2D eigenvalue weighted by Crippen LogP contribution is -2.14. The van der Waals surface area contributed by atoms with E-state index in [4.69, 9.17) is 0 Å². The number of aryl methyl sites for hydroxylation is 2. The van der Waals surface area contributed by atoms with Crippen molar-refractivity contribution in [1.82, 2.24) is 19.6 Å². The molecule has 6 nitrogen and oxygen atoms in total. The topological polar surface area (TPSA) is 75.3 Å². The fourth-order valence-corrected chi connectivity index (χ4v) is 3.30. The van der Waals surface area contributed by atoms with E-state index in [1.54, 1.807) is 12.1 Å². The summed E-state index contributed by atoms with van der Waals surface area (Å²) in [5.41, 5.74) is 1.87. The molecule has 4 aromatic rings. The molecule has 0 spiro atoms. The number of halogens is 3. The highest BCUT2D eigenvalue weighted by atomic mass is 19.4. The van der Waals surface area contributed by atoms with E-state index in [1.165, 1.54) is 35.0 Å². The fourth-order valence-electron chi connectivity index (χ4n) is 3.30. The number of anilines is 1. The third kappa shape index (κ3) is 3.84. The molecule has 3 heterocycles. The summed E-state index contributed by atoms with van der Waals surface area (Å²) < 4.78 is 41.5. The Morgan fingerprint density at radius 2 is 1.83 bits per heavy atom. The molecule has 0 fully saturated rings. The highest BCUT2D eigenvalue weighted by Gasteiger charge is 2.33. The van der Waals surface area contributed by atoms with Gasteiger partial charge in [-0.25, -0.2) is 4.98 Å². The van der Waals surface area contributed by atoms with Gasteiger partial charge in [0.2, 0.25) is 0 Å². The Labute approximate surface area is 170 Å². The van der Waals surface area contributed by atoms with E-state index in [1.807, 2.05) is 19.9 Å². The minimum absolute atomic E-state index is 0.0388. The number of fused-ring (bicyclic) bond motifs is 1. The van der Waals surface area contributed by atoms with Gasteiger partial charge >= 0.3 is 6.18 Å². The molecule has 154 valence electrons. The number of imidazole rings is 1. The summed E-state index contributed by atoms with van der Waals surface area (Å²) >= 11 is 0. The van der Waals surface area contributed by atoms with E-state index in [2.05, 4.69) is 20.4 Å². The van der Waals surface area contributed by atoms with E-state index in [0.717, 1.165) is 17.3 Å². The molecule has 30 heavy (non-hydrogen) atoms. The van der Waals surface area contributed by atoms with E-state index in [-0.39, 0.29) is 11.3 Å². The number of nitrogens with one attached hydrogen (secondary N) is 1. The molecule has 3 aromatic heterocycles. The molecule has 1 aromatic carbocycles. The van der Waals surface area contributed by atoms with E-state index in [0.29, 0.717) is 17.2 Å². The van der Waals surface area contributed by atoms with E-state index >= 15 is 0 Å². The molecule has 2 N–H and O–H groups in total. The summed E-state index contributed by atoms with van der Waals surface area (Å²) in [6, 6.07) is 11.9. The molecule has 0 aliphatic carbocycles. The Hall–Kier alpha value is -3.46. The average molecular weight is 413 g/mol. The first kappa shape index (κ1) is 19.8. The lowest BCUT2D eigenvalue weighted by Gasteiger charge is -2.15. The zero-order valence-corrected chi connectivity index (χ0v) is 16.1. The van der Waals surface area contributed by atoms with Gasteiger partial charge in [0.05, 0.1) is 23.1 Å². The van der Waals surface area contributed by atoms with Crippen molar-refractivity contribution < 1.29 is 18.3 Å². The summed E-state index contributed by atoms with van der Waals surface area (Å²) in [4.78, 5) is 8.50. The summed E-state index contributed by atoms with van der Waals surface area (Å²) in [6.45, 7) is 3.72. The van der Waals surface area contributed by atoms with E-state index < -0.39 is 18.0 Å². The third-order valence-electron chi connectivity index (χ3n) is 4.55. The van der Waals surface area contributed by atoms with Crippen LogP contribution in [0.5, 0.6) is 0 Å². The Morgan fingerprint density at radius 3 is 2.57 bits per heavy atom. The van der Waals surface area contributed by atoms with Crippen molar-refractivity contribution in [2.24, 2.45) is 0 Å². The number of benzene rings is 1. The SMILES string of the molecule is Cc1cc(C)nc(C(O)Nc2cnc3ccc(-c4ccccc4C(F)(F)F)nn23)c1. The average Bonchev–Trinajstić information content (AvgIpc) is 3.08. The highest BCUT2D eigenvalue weighted by Crippen LogP contribution is 2.36. The van der Waals surface area contributed by atoms with Crippen LogP contribution in [0, 0.1) is 13.8 Å². The van der Waals surface area contributed by atoms with Crippen molar-refractivity contribution in [3.63, 3.8) is 0 Å². The third-order valence-corrected chi connectivity index (χ3v) is 4.55. The molecule has 0 radical (unpaired) electrons. The van der Waals surface area contributed by atoms with Crippen molar-refractivity contribution in [3.8, 4) is 11.3 Å². The van der Waals surface area contributed by atoms with Gasteiger partial charge in [0.15, 0.2) is 17.7 Å². The number of rotatable bonds is 4. The maximum atomic E-state index is 13.4. The molecule has 0 bridgehead atoms. The minimum Gasteiger partial charge on any atom is -0.368 e. The van der Waals surface area contributed by atoms with Crippen LogP contribution in [0.2, 0.25) is 0 Å². The molecule has 1 unspecified atom stereocenters. The summed E-state index contributed by atoms with van der Waals surface area (Å²) in [5.74, 6) is 0.324. The maximum Gasteiger partial charge on any atom is 0.417 e. The molecule has 4 rings (SSSR count). The molecular formula is C21H18F3N5O. The zero-order chi connectivity index (χ0) is 21.5. The van der Waals surface area contributed by atoms with Crippen molar-refractivity contribution in [3.05, 3.63) is 77.2 Å². The number of aromatic nitrogens is 4. The number of aliphatic hydroxyl groups is 1. The monoisotopic (exact) mass is 413 g/mol. The predicted octanol–water partition coefficient (Wildman–Crippen LogP) is 4.53. The van der Waals surface area contributed by atoms with Gasteiger partial charge < -0.3 is 10.4 Å². The predicted molar refractivity (Wildman–Crippen MR) is 106 cm³/mol. The van der Waals surface area contributed by atoms with Gasteiger partial charge in [-0.2, -0.15) is 22.8 Å². The van der Waals surface area contributed by atoms with Crippen LogP contribution < -0.4 is 5.32 Å². The first-order chi connectivity index (χ1) is 14.2. The normalized spacial score (nSPS) is 12.9. The Balaban J connectivity index is 1.73. The number of aliphatic hydroxyl groups excluding tert-OH is 1. The minimum atomic E-state index is -4.51. The maximum absolute atomic E-state index is 13.4. The molecule has 0 saturated heterocycles. The second-order valence-corrected chi connectivity index (χ2v) is 6.93. The molecular weight excluding hydrogens is 395 g/mol. The lowest BCUT2D eigenvalue weighted by atomic mass is 10.0. The number of pyridine rings is 1. The fraction of sp³-hybridized carbons (Fsp3) is 0.190. The van der Waals surface area contributed by atoms with Gasteiger partial charge in [-0.3, -0.25) is 4.98 Å². The highest BCUT2D eigenvalue weighted by molar-refractivity contribution is 5.66. The van der Waals surface area contributed by atoms with Crippen LogP contribution in [0.4, 0.5) is 19.0 Å². The molecule has 1 atom stereocenters. The molecule has 0 aliphatic rings. The summed E-state index contributed by atoms with van der Waals surface area (Å²) in [7, 11) is 0. The van der Waals surface area contributed by atoms with Gasteiger partial charge in [0, 0.05) is 11.3 Å². The Morgan fingerprint density at radius 1 is 1.07 bits per heavy atom. The van der Waals surface area contributed by atoms with Crippen LogP contribution in [0.15, 0.2) is 54.7 Å². The smallest absolute Gasteiger partial charge is 0.368 e. The molecule has 0 aliphatic heterocycles. The van der Waals surface area contributed by atoms with Gasteiger partial charge in [-0.15, -0.1) is 0 Å². The van der Waals surface area contributed by atoms with Crippen LogP contribution in [0.1, 0.15) is 28.7 Å². The van der Waals surface area contributed by atoms with Gasteiger partial charge in [-0.05, 0) is 49.7 Å². The van der Waals surface area contributed by atoms with Crippen molar-refractivity contribution in [2.75, 3.05) is 5.32 Å². The van der Waals surface area contributed by atoms with Gasteiger partial charge in [0.25, 0.3) is 0 Å². The largest absolute Gasteiger partial charge is 0.417 e. The van der Waals surface area contributed by atoms with Crippen LogP contribution >= 0.6 is 0 Å². The van der Waals surface area contributed by atoms with Crippen molar-refractivity contribution in [1.29, 1.82) is 0 Å². The Bertz CT molecular complexity index is 1200. The quantitative estimate of drug-likeness (QED) is 0.481. The molecule has 9 heteroatoms.